The van der Waals surface area contributed by atoms with E-state index in [1.807, 2.05) is 0 Å². The number of hydrogen-bond donors (Lipinski definition) is 0. The molecule has 0 saturated carbocycles. The first kappa shape index (κ1) is 12.5. The lowest BCUT2D eigenvalue weighted by molar-refractivity contribution is 0.190. The molecule has 0 amide bonds. The van der Waals surface area contributed by atoms with E-state index in [0.29, 0.717) is 0 Å². The van der Waals surface area contributed by atoms with Crippen molar-refractivity contribution >= 4 is 0 Å². The second kappa shape index (κ2) is 5.62. The molecule has 1 heterocycles. The van der Waals surface area contributed by atoms with Gasteiger partial charge >= 0.3 is 0 Å². The summed E-state index contributed by atoms with van der Waals surface area (Å²) >= 11 is 0. The zero-order valence-electron chi connectivity index (χ0n) is 11.6. The summed E-state index contributed by atoms with van der Waals surface area (Å²) in [6.07, 6.45) is 4.86. The summed E-state index contributed by atoms with van der Waals surface area (Å²) < 4.78 is 7.70. The van der Waals surface area contributed by atoms with Gasteiger partial charge in [0.05, 0.1) is 0 Å². The predicted octanol–water partition coefficient (Wildman–Crippen LogP) is 3.68. The van der Waals surface area contributed by atoms with Gasteiger partial charge in [-0.05, 0) is 42.9 Å². The van der Waals surface area contributed by atoms with E-state index >= 15 is 0 Å². The van der Waals surface area contributed by atoms with Gasteiger partial charge in [0.2, 0.25) is 0 Å². The van der Waals surface area contributed by atoms with Gasteiger partial charge in [-0.1, -0.05) is 30.3 Å². The monoisotopic (exact) mass is 255 g/mol. The molecule has 100 valence electrons. The van der Waals surface area contributed by atoms with Crippen LogP contribution >= 0.6 is 0 Å². The zero-order valence-corrected chi connectivity index (χ0v) is 11.6. The number of rotatable bonds is 5. The van der Waals surface area contributed by atoms with E-state index in [1.165, 1.54) is 30.5 Å². The van der Waals surface area contributed by atoms with Crippen molar-refractivity contribution in [3.05, 3.63) is 47.7 Å². The van der Waals surface area contributed by atoms with Gasteiger partial charge in [-0.25, -0.2) is 0 Å². The molecule has 0 bridgehead atoms. The third-order valence-electron chi connectivity index (χ3n) is 3.96. The molecule has 19 heavy (non-hydrogen) atoms. The van der Waals surface area contributed by atoms with Crippen LogP contribution in [0.5, 0.6) is 0 Å². The predicted molar refractivity (Wildman–Crippen MR) is 78.4 cm³/mol. The van der Waals surface area contributed by atoms with E-state index in [1.54, 1.807) is 18.4 Å². The molecule has 0 atom stereocenters. The van der Waals surface area contributed by atoms with Crippen LogP contribution in [-0.2, 0) is 24.1 Å². The van der Waals surface area contributed by atoms with E-state index in [4.69, 9.17) is 4.74 Å². The number of methoxy groups -OCH3 is 1. The Morgan fingerprint density at radius 1 is 1.16 bits per heavy atom. The molecule has 0 aliphatic heterocycles. The van der Waals surface area contributed by atoms with Crippen LogP contribution < -0.4 is 0 Å². The number of aryl methyl sites for hydroxylation is 1. The molecule has 1 aliphatic rings. The standard InChI is InChI=1S/C17H21NO/c1-19-12-6-11-18-16-10-5-9-15(16)13-17(18)14-7-3-2-4-8-14/h2-4,7-8,13H,5-6,9-12H2,1H3. The fourth-order valence-electron chi connectivity index (χ4n) is 3.07. The normalized spacial score (nSPS) is 13.7. The average Bonchev–Trinajstić information content (AvgIpc) is 3.02. The molecular weight excluding hydrogens is 234 g/mol. The summed E-state index contributed by atoms with van der Waals surface area (Å²) in [7, 11) is 1.78. The number of aromatic nitrogens is 1. The Balaban J connectivity index is 1.95. The molecule has 2 aromatic rings. The molecule has 0 fully saturated rings. The Bertz CT molecular complexity index is 542. The van der Waals surface area contributed by atoms with Gasteiger partial charge in [-0.2, -0.15) is 0 Å². The van der Waals surface area contributed by atoms with Crippen LogP contribution in [0, 0.1) is 0 Å². The third-order valence-corrected chi connectivity index (χ3v) is 3.96. The second-order valence-electron chi connectivity index (χ2n) is 5.22. The second-order valence-corrected chi connectivity index (χ2v) is 5.22. The third kappa shape index (κ3) is 2.45. The maximum Gasteiger partial charge on any atom is 0.0485 e. The van der Waals surface area contributed by atoms with Crippen LogP contribution in [0.2, 0.25) is 0 Å². The maximum absolute atomic E-state index is 5.19. The van der Waals surface area contributed by atoms with Crippen LogP contribution in [0.15, 0.2) is 36.4 Å². The quantitative estimate of drug-likeness (QED) is 0.743. The Kier molecular flexibility index (Phi) is 3.69. The minimum atomic E-state index is 0.835. The SMILES string of the molecule is COCCCn1c(-c2ccccc2)cc2c1CCC2. The van der Waals surface area contributed by atoms with E-state index in [-0.39, 0.29) is 0 Å². The maximum atomic E-state index is 5.19. The van der Waals surface area contributed by atoms with Crippen LogP contribution in [0.3, 0.4) is 0 Å². The van der Waals surface area contributed by atoms with Crippen molar-refractivity contribution in [1.29, 1.82) is 0 Å². The summed E-state index contributed by atoms with van der Waals surface area (Å²) in [5.74, 6) is 0. The zero-order chi connectivity index (χ0) is 13.1. The van der Waals surface area contributed by atoms with Crippen molar-refractivity contribution in [2.45, 2.75) is 32.2 Å². The number of fused-ring (bicyclic) bond motifs is 1. The van der Waals surface area contributed by atoms with E-state index < -0.39 is 0 Å². The Morgan fingerprint density at radius 3 is 2.79 bits per heavy atom. The van der Waals surface area contributed by atoms with Crippen LogP contribution in [0.25, 0.3) is 11.3 Å². The molecule has 0 radical (unpaired) electrons. The summed E-state index contributed by atoms with van der Waals surface area (Å²) in [4.78, 5) is 0. The Morgan fingerprint density at radius 2 is 2.00 bits per heavy atom. The number of benzene rings is 1. The smallest absolute Gasteiger partial charge is 0.0485 e. The van der Waals surface area contributed by atoms with Crippen molar-refractivity contribution in [2.24, 2.45) is 0 Å². The number of nitrogens with zero attached hydrogens (tertiary/aromatic N) is 1. The first-order valence-corrected chi connectivity index (χ1v) is 7.16. The fourth-order valence-corrected chi connectivity index (χ4v) is 3.07. The van der Waals surface area contributed by atoms with Crippen molar-refractivity contribution in [2.75, 3.05) is 13.7 Å². The molecule has 1 aromatic carbocycles. The largest absolute Gasteiger partial charge is 0.385 e. The van der Waals surface area contributed by atoms with Crippen LogP contribution in [0.4, 0.5) is 0 Å². The van der Waals surface area contributed by atoms with Crippen LogP contribution in [0.1, 0.15) is 24.1 Å². The molecule has 1 aliphatic carbocycles. The molecule has 3 rings (SSSR count). The Labute approximate surface area is 115 Å². The van der Waals surface area contributed by atoms with Crippen molar-refractivity contribution in [3.63, 3.8) is 0 Å². The summed E-state index contributed by atoms with van der Waals surface area (Å²) in [5.41, 5.74) is 5.81. The molecule has 2 nitrogen and oxygen atoms in total. The minimum Gasteiger partial charge on any atom is -0.385 e. The van der Waals surface area contributed by atoms with Crippen LogP contribution in [-0.4, -0.2) is 18.3 Å². The van der Waals surface area contributed by atoms with Crippen molar-refractivity contribution in [1.82, 2.24) is 4.57 Å². The molecule has 0 unspecified atom stereocenters. The average molecular weight is 255 g/mol. The van der Waals surface area contributed by atoms with Gasteiger partial charge in [0.1, 0.15) is 0 Å². The van der Waals surface area contributed by atoms with E-state index in [0.717, 1.165) is 19.6 Å². The van der Waals surface area contributed by atoms with Gasteiger partial charge in [-0.15, -0.1) is 0 Å². The van der Waals surface area contributed by atoms with Crippen molar-refractivity contribution < 1.29 is 4.74 Å². The summed E-state index contributed by atoms with van der Waals surface area (Å²) in [6.45, 7) is 1.90. The molecule has 2 heteroatoms. The minimum absolute atomic E-state index is 0.835. The fraction of sp³-hybridized carbons (Fsp3) is 0.412. The van der Waals surface area contributed by atoms with Crippen molar-refractivity contribution in [3.8, 4) is 11.3 Å². The van der Waals surface area contributed by atoms with Gasteiger partial charge in [0.25, 0.3) is 0 Å². The Hall–Kier alpha value is -1.54. The lowest BCUT2D eigenvalue weighted by atomic mass is 10.1. The highest BCUT2D eigenvalue weighted by Gasteiger charge is 2.19. The highest BCUT2D eigenvalue weighted by molar-refractivity contribution is 5.63. The first-order valence-electron chi connectivity index (χ1n) is 7.16. The van der Waals surface area contributed by atoms with Gasteiger partial charge < -0.3 is 9.30 Å². The van der Waals surface area contributed by atoms with Gasteiger partial charge in [0, 0.05) is 31.6 Å². The topological polar surface area (TPSA) is 14.2 Å². The lowest BCUT2D eigenvalue weighted by Crippen LogP contribution is -2.06. The van der Waals surface area contributed by atoms with Gasteiger partial charge in [-0.3, -0.25) is 0 Å². The summed E-state index contributed by atoms with van der Waals surface area (Å²) in [5, 5.41) is 0. The van der Waals surface area contributed by atoms with E-state index in [2.05, 4.69) is 41.0 Å². The molecule has 0 N–H and O–H groups in total. The molecule has 0 spiro atoms. The molecule has 0 saturated heterocycles. The molecular formula is C17H21NO. The first-order chi connectivity index (χ1) is 9.40. The number of ether oxygens (including phenoxy) is 1. The summed E-state index contributed by atoms with van der Waals surface area (Å²) in [6, 6.07) is 13.1. The highest BCUT2D eigenvalue weighted by atomic mass is 16.5. The number of hydrogen-bond acceptors (Lipinski definition) is 1. The highest BCUT2D eigenvalue weighted by Crippen LogP contribution is 2.31. The molecule has 1 aromatic heterocycles. The van der Waals surface area contributed by atoms with Gasteiger partial charge in [0.15, 0.2) is 0 Å². The van der Waals surface area contributed by atoms with E-state index in [9.17, 15) is 0 Å². The lowest BCUT2D eigenvalue weighted by Gasteiger charge is -2.12.